The summed E-state index contributed by atoms with van der Waals surface area (Å²) in [6, 6.07) is 20.7. The van der Waals surface area contributed by atoms with Gasteiger partial charge in [-0.15, -0.1) is 0 Å². The zero-order valence-electron chi connectivity index (χ0n) is 18.1. The van der Waals surface area contributed by atoms with E-state index in [0.717, 1.165) is 11.3 Å². The fraction of sp³-hybridized carbons (Fsp3) is 0.200. The summed E-state index contributed by atoms with van der Waals surface area (Å²) in [5.74, 6) is 2.33. The molecule has 4 aromatic rings. The van der Waals surface area contributed by atoms with Crippen LogP contribution < -0.4 is 14.8 Å². The molecule has 2 aromatic carbocycles. The monoisotopic (exact) mass is 431 g/mol. The molecule has 0 aliphatic rings. The molecule has 0 radical (unpaired) electrons. The molecule has 0 atom stereocenters. The van der Waals surface area contributed by atoms with Gasteiger partial charge in [0.1, 0.15) is 23.9 Å². The van der Waals surface area contributed by atoms with Crippen LogP contribution in [-0.4, -0.2) is 22.3 Å². The summed E-state index contributed by atoms with van der Waals surface area (Å²) < 4.78 is 18.5. The Bertz CT molecular complexity index is 1160. The molecule has 2 heterocycles. The SMILES string of the molecule is CCOc1ccc(OCc2ccc(C(=O)Nc3ccn(Cc4ccc(C)cc4)n3)o2)cc1. The highest BCUT2D eigenvalue weighted by Gasteiger charge is 2.13. The number of aromatic nitrogens is 2. The fourth-order valence-corrected chi connectivity index (χ4v) is 3.11. The first kappa shape index (κ1) is 21.2. The second-order valence-electron chi connectivity index (χ2n) is 7.30. The number of benzene rings is 2. The minimum absolute atomic E-state index is 0.198. The van der Waals surface area contributed by atoms with Crippen molar-refractivity contribution >= 4 is 11.7 Å². The van der Waals surface area contributed by atoms with Crippen molar-refractivity contribution in [3.05, 3.63) is 95.6 Å². The first-order valence-electron chi connectivity index (χ1n) is 10.4. The van der Waals surface area contributed by atoms with E-state index in [1.54, 1.807) is 22.9 Å². The van der Waals surface area contributed by atoms with E-state index in [0.29, 0.717) is 30.5 Å². The number of nitrogens with zero attached hydrogens (tertiary/aromatic N) is 2. The molecular formula is C25H25N3O4. The first-order chi connectivity index (χ1) is 15.6. The maximum atomic E-state index is 12.5. The van der Waals surface area contributed by atoms with Crippen LogP contribution in [0.25, 0.3) is 0 Å². The van der Waals surface area contributed by atoms with Gasteiger partial charge in [-0.05, 0) is 55.8 Å². The van der Waals surface area contributed by atoms with Crippen molar-refractivity contribution in [3.8, 4) is 11.5 Å². The predicted octanol–water partition coefficient (Wildman–Crippen LogP) is 5.06. The third-order valence-electron chi connectivity index (χ3n) is 4.75. The summed E-state index contributed by atoms with van der Waals surface area (Å²) in [5.41, 5.74) is 2.35. The molecule has 7 nitrogen and oxygen atoms in total. The molecule has 164 valence electrons. The van der Waals surface area contributed by atoms with Crippen molar-refractivity contribution in [1.82, 2.24) is 9.78 Å². The van der Waals surface area contributed by atoms with E-state index >= 15 is 0 Å². The Labute approximate surface area is 186 Å². The number of carbonyl (C=O) groups excluding carboxylic acids is 1. The second kappa shape index (κ2) is 9.87. The lowest BCUT2D eigenvalue weighted by Gasteiger charge is -2.06. The molecule has 0 saturated carbocycles. The number of rotatable bonds is 9. The van der Waals surface area contributed by atoms with E-state index in [2.05, 4.69) is 41.6 Å². The number of hydrogen-bond acceptors (Lipinski definition) is 5. The van der Waals surface area contributed by atoms with E-state index in [4.69, 9.17) is 13.9 Å². The summed E-state index contributed by atoms with van der Waals surface area (Å²) in [6.07, 6.45) is 1.83. The van der Waals surface area contributed by atoms with Gasteiger partial charge in [0, 0.05) is 12.3 Å². The topological polar surface area (TPSA) is 78.5 Å². The van der Waals surface area contributed by atoms with Crippen molar-refractivity contribution in [1.29, 1.82) is 0 Å². The Hall–Kier alpha value is -4.00. The Morgan fingerprint density at radius 3 is 2.41 bits per heavy atom. The number of carbonyl (C=O) groups is 1. The van der Waals surface area contributed by atoms with Crippen molar-refractivity contribution < 1.29 is 18.7 Å². The van der Waals surface area contributed by atoms with Gasteiger partial charge in [-0.2, -0.15) is 5.10 Å². The standard InChI is InChI=1S/C25H25N3O4/c1-3-30-20-8-10-21(11-9-20)31-17-22-12-13-23(32-22)25(29)26-24-14-15-28(27-24)16-19-6-4-18(2)5-7-19/h4-15H,3,16-17H2,1-2H3,(H,26,27,29). The number of hydrogen-bond donors (Lipinski definition) is 1. The maximum absolute atomic E-state index is 12.5. The van der Waals surface area contributed by atoms with Gasteiger partial charge in [0.2, 0.25) is 0 Å². The molecule has 0 bridgehead atoms. The summed E-state index contributed by atoms with van der Waals surface area (Å²) in [7, 11) is 0. The molecule has 0 saturated heterocycles. The minimum Gasteiger partial charge on any atom is -0.494 e. The predicted molar refractivity (Wildman–Crippen MR) is 121 cm³/mol. The average Bonchev–Trinajstić information content (AvgIpc) is 3.45. The maximum Gasteiger partial charge on any atom is 0.292 e. The number of anilines is 1. The van der Waals surface area contributed by atoms with Gasteiger partial charge in [0.25, 0.3) is 5.91 Å². The lowest BCUT2D eigenvalue weighted by Crippen LogP contribution is -2.12. The number of amides is 1. The highest BCUT2D eigenvalue weighted by molar-refractivity contribution is 6.01. The largest absolute Gasteiger partial charge is 0.494 e. The number of furan rings is 1. The Morgan fingerprint density at radius 2 is 1.69 bits per heavy atom. The zero-order chi connectivity index (χ0) is 22.3. The molecular weight excluding hydrogens is 406 g/mol. The zero-order valence-corrected chi connectivity index (χ0v) is 18.1. The van der Waals surface area contributed by atoms with Gasteiger partial charge in [0.15, 0.2) is 11.6 Å². The third kappa shape index (κ3) is 5.57. The van der Waals surface area contributed by atoms with Gasteiger partial charge in [0.05, 0.1) is 13.2 Å². The Kier molecular flexibility index (Phi) is 6.55. The Morgan fingerprint density at radius 1 is 0.969 bits per heavy atom. The van der Waals surface area contributed by atoms with Crippen LogP contribution in [0.15, 0.2) is 77.3 Å². The van der Waals surface area contributed by atoms with Crippen molar-refractivity contribution in [2.45, 2.75) is 27.0 Å². The molecule has 7 heteroatoms. The smallest absolute Gasteiger partial charge is 0.292 e. The van der Waals surface area contributed by atoms with Gasteiger partial charge < -0.3 is 19.2 Å². The fourth-order valence-electron chi connectivity index (χ4n) is 3.11. The van der Waals surface area contributed by atoms with Crippen molar-refractivity contribution in [2.24, 2.45) is 0 Å². The van der Waals surface area contributed by atoms with E-state index in [1.807, 2.05) is 37.4 Å². The van der Waals surface area contributed by atoms with Crippen molar-refractivity contribution in [2.75, 3.05) is 11.9 Å². The Balaban J connectivity index is 1.30. The van der Waals surface area contributed by atoms with E-state index < -0.39 is 0 Å². The van der Waals surface area contributed by atoms with E-state index in [-0.39, 0.29) is 18.3 Å². The van der Waals surface area contributed by atoms with Crippen LogP contribution in [0.5, 0.6) is 11.5 Å². The molecule has 32 heavy (non-hydrogen) atoms. The van der Waals surface area contributed by atoms with E-state index in [9.17, 15) is 4.79 Å². The quantitative estimate of drug-likeness (QED) is 0.401. The molecule has 0 aliphatic heterocycles. The summed E-state index contributed by atoms with van der Waals surface area (Å²) in [5, 5.41) is 7.16. The van der Waals surface area contributed by atoms with Gasteiger partial charge in [-0.1, -0.05) is 29.8 Å². The molecule has 2 aromatic heterocycles. The van der Waals surface area contributed by atoms with Gasteiger partial charge >= 0.3 is 0 Å². The average molecular weight is 431 g/mol. The van der Waals surface area contributed by atoms with Crippen LogP contribution in [0.2, 0.25) is 0 Å². The lowest BCUT2D eigenvalue weighted by atomic mass is 10.1. The van der Waals surface area contributed by atoms with Crippen LogP contribution in [0.3, 0.4) is 0 Å². The third-order valence-corrected chi connectivity index (χ3v) is 4.75. The number of nitrogens with one attached hydrogen (secondary N) is 1. The normalized spacial score (nSPS) is 10.7. The molecule has 4 rings (SSSR count). The molecule has 0 fully saturated rings. The molecule has 1 amide bonds. The first-order valence-corrected chi connectivity index (χ1v) is 10.4. The van der Waals surface area contributed by atoms with E-state index in [1.165, 1.54) is 5.56 Å². The molecule has 0 unspecified atom stereocenters. The second-order valence-corrected chi connectivity index (χ2v) is 7.30. The summed E-state index contributed by atoms with van der Waals surface area (Å²) in [4.78, 5) is 12.5. The van der Waals surface area contributed by atoms with Crippen LogP contribution >= 0.6 is 0 Å². The van der Waals surface area contributed by atoms with Crippen LogP contribution in [0.1, 0.15) is 34.4 Å². The van der Waals surface area contributed by atoms with Crippen LogP contribution in [0, 0.1) is 6.92 Å². The highest BCUT2D eigenvalue weighted by Crippen LogP contribution is 2.19. The number of ether oxygens (including phenoxy) is 2. The highest BCUT2D eigenvalue weighted by atomic mass is 16.5. The lowest BCUT2D eigenvalue weighted by molar-refractivity contribution is 0.0992. The van der Waals surface area contributed by atoms with Gasteiger partial charge in [-0.3, -0.25) is 9.48 Å². The molecule has 0 spiro atoms. The molecule has 0 aliphatic carbocycles. The summed E-state index contributed by atoms with van der Waals surface area (Å²) in [6.45, 7) is 5.45. The van der Waals surface area contributed by atoms with Crippen LogP contribution in [0.4, 0.5) is 5.82 Å². The minimum atomic E-state index is -0.363. The number of aryl methyl sites for hydroxylation is 1. The molecule has 1 N–H and O–H groups in total. The van der Waals surface area contributed by atoms with Gasteiger partial charge in [-0.25, -0.2) is 0 Å². The summed E-state index contributed by atoms with van der Waals surface area (Å²) >= 11 is 0. The van der Waals surface area contributed by atoms with Crippen LogP contribution in [-0.2, 0) is 13.2 Å². The van der Waals surface area contributed by atoms with Crippen molar-refractivity contribution in [3.63, 3.8) is 0 Å².